The third-order valence-electron chi connectivity index (χ3n) is 4.30. The lowest BCUT2D eigenvalue weighted by Gasteiger charge is -2.24. The number of methoxy groups -OCH3 is 1. The van der Waals surface area contributed by atoms with Gasteiger partial charge in [-0.2, -0.15) is 0 Å². The van der Waals surface area contributed by atoms with Crippen LogP contribution in [-0.4, -0.2) is 7.11 Å². The van der Waals surface area contributed by atoms with Gasteiger partial charge in [0.25, 0.3) is 0 Å². The van der Waals surface area contributed by atoms with Crippen LogP contribution in [0.4, 0.5) is 0 Å². The molecule has 1 aromatic heterocycles. The molecule has 0 N–H and O–H groups in total. The Labute approximate surface area is 148 Å². The molecule has 4 nitrogen and oxygen atoms in total. The minimum atomic E-state index is -0.672. The van der Waals surface area contributed by atoms with E-state index in [1.807, 2.05) is 13.0 Å². The molecule has 0 amide bonds. The average molecular weight is 353 g/mol. The van der Waals surface area contributed by atoms with Gasteiger partial charge in [0.1, 0.15) is 11.3 Å². The van der Waals surface area contributed by atoms with E-state index >= 15 is 0 Å². The van der Waals surface area contributed by atoms with Gasteiger partial charge in [-0.15, -0.1) is 6.42 Å². The predicted molar refractivity (Wildman–Crippen MR) is 96.4 cm³/mol. The van der Waals surface area contributed by atoms with E-state index in [1.54, 1.807) is 31.4 Å². The van der Waals surface area contributed by atoms with E-state index in [4.69, 9.17) is 31.9 Å². The number of ether oxygens (including phenoxy) is 2. The van der Waals surface area contributed by atoms with Crippen molar-refractivity contribution in [2.75, 3.05) is 7.11 Å². The molecule has 0 fully saturated rings. The molecule has 0 bridgehead atoms. The summed E-state index contributed by atoms with van der Waals surface area (Å²) < 4.78 is 17.1. The van der Waals surface area contributed by atoms with E-state index in [-0.39, 0.29) is 11.2 Å². The molecule has 3 aromatic rings. The summed E-state index contributed by atoms with van der Waals surface area (Å²) in [7, 11) is 1.57. The van der Waals surface area contributed by atoms with E-state index in [0.717, 1.165) is 11.1 Å². The molecule has 4 rings (SSSR count). The highest BCUT2D eigenvalue weighted by Crippen LogP contribution is 2.43. The quantitative estimate of drug-likeness (QED) is 0.605. The standard InChI is InChI=1S/C20H13ClO4/c1-4-16-12-6-5-11(23-3)8-13(12)19-20(24-16)18(22)14-9-15(21)10(2)7-17(14)25-19/h1,5-9,16H,2-3H3. The molecule has 124 valence electrons. The number of benzene rings is 2. The maximum atomic E-state index is 12.9. The summed E-state index contributed by atoms with van der Waals surface area (Å²) >= 11 is 6.15. The fourth-order valence-electron chi connectivity index (χ4n) is 2.98. The normalized spacial score (nSPS) is 15.0. The maximum absolute atomic E-state index is 12.9. The zero-order chi connectivity index (χ0) is 17.7. The molecular formula is C20H13ClO4. The van der Waals surface area contributed by atoms with E-state index in [1.165, 1.54) is 0 Å². The predicted octanol–water partition coefficient (Wildman–Crippen LogP) is 4.50. The van der Waals surface area contributed by atoms with Crippen LogP contribution < -0.4 is 14.9 Å². The zero-order valence-electron chi connectivity index (χ0n) is 13.6. The average Bonchev–Trinajstić information content (AvgIpc) is 2.63. The van der Waals surface area contributed by atoms with Crippen LogP contribution in [0, 0.1) is 19.3 Å². The van der Waals surface area contributed by atoms with Gasteiger partial charge in [-0.25, -0.2) is 0 Å². The summed E-state index contributed by atoms with van der Waals surface area (Å²) in [6.07, 6.45) is 4.92. The number of hydrogen-bond acceptors (Lipinski definition) is 4. The molecular weight excluding hydrogens is 340 g/mol. The SMILES string of the molecule is C#CC1Oc2c(oc3cc(C)c(Cl)cc3c2=O)-c2cc(OC)ccc21. The van der Waals surface area contributed by atoms with Crippen molar-refractivity contribution in [3.05, 3.63) is 56.7 Å². The fourth-order valence-corrected chi connectivity index (χ4v) is 3.14. The number of hydrogen-bond donors (Lipinski definition) is 0. The smallest absolute Gasteiger partial charge is 0.235 e. The number of rotatable bonds is 1. The van der Waals surface area contributed by atoms with Crippen LogP contribution in [0.15, 0.2) is 39.5 Å². The topological polar surface area (TPSA) is 48.7 Å². The number of fused-ring (bicyclic) bond motifs is 4. The molecule has 0 spiro atoms. The van der Waals surface area contributed by atoms with E-state index in [0.29, 0.717) is 33.1 Å². The molecule has 5 heteroatoms. The highest BCUT2D eigenvalue weighted by Gasteiger charge is 2.30. The molecule has 1 aliphatic rings. The largest absolute Gasteiger partial charge is 0.497 e. The third kappa shape index (κ3) is 2.28. The summed E-state index contributed by atoms with van der Waals surface area (Å²) in [4.78, 5) is 12.9. The van der Waals surface area contributed by atoms with E-state index < -0.39 is 6.10 Å². The first-order valence-corrected chi connectivity index (χ1v) is 7.99. The van der Waals surface area contributed by atoms with Crippen molar-refractivity contribution in [3.8, 4) is 35.2 Å². The van der Waals surface area contributed by atoms with Crippen molar-refractivity contribution in [3.63, 3.8) is 0 Å². The highest BCUT2D eigenvalue weighted by atomic mass is 35.5. The van der Waals surface area contributed by atoms with Crippen molar-refractivity contribution < 1.29 is 13.9 Å². The number of terminal acetylenes is 1. The summed E-state index contributed by atoms with van der Waals surface area (Å²) in [6, 6.07) is 8.73. The van der Waals surface area contributed by atoms with Gasteiger partial charge in [-0.1, -0.05) is 17.5 Å². The van der Waals surface area contributed by atoms with E-state index in [9.17, 15) is 4.79 Å². The van der Waals surface area contributed by atoms with Crippen LogP contribution in [0.25, 0.3) is 22.3 Å². The van der Waals surface area contributed by atoms with Gasteiger partial charge in [0.05, 0.1) is 12.5 Å². The second-order valence-electron chi connectivity index (χ2n) is 5.80. The van der Waals surface area contributed by atoms with Crippen molar-refractivity contribution in [2.24, 2.45) is 0 Å². The van der Waals surface area contributed by atoms with Crippen LogP contribution in [0.1, 0.15) is 17.2 Å². The molecule has 1 aliphatic heterocycles. The second-order valence-corrected chi connectivity index (χ2v) is 6.21. The molecule has 0 saturated carbocycles. The Morgan fingerprint density at radius 2 is 2.08 bits per heavy atom. The second kappa shape index (κ2) is 5.58. The highest BCUT2D eigenvalue weighted by molar-refractivity contribution is 6.32. The van der Waals surface area contributed by atoms with Gasteiger partial charge in [0.15, 0.2) is 11.9 Å². The Bertz CT molecular complexity index is 1120. The summed E-state index contributed by atoms with van der Waals surface area (Å²) in [5.74, 6) is 3.64. The summed E-state index contributed by atoms with van der Waals surface area (Å²) in [5, 5.41) is 0.850. The number of halogens is 1. The van der Waals surface area contributed by atoms with Crippen molar-refractivity contribution in [1.82, 2.24) is 0 Å². The van der Waals surface area contributed by atoms with Crippen LogP contribution in [0.2, 0.25) is 5.02 Å². The first kappa shape index (κ1) is 15.6. The molecule has 25 heavy (non-hydrogen) atoms. The minimum absolute atomic E-state index is 0.0936. The molecule has 0 aliphatic carbocycles. The number of aryl methyl sites for hydroxylation is 1. The molecule has 2 heterocycles. The monoisotopic (exact) mass is 352 g/mol. The summed E-state index contributed by atoms with van der Waals surface area (Å²) in [6.45, 7) is 1.85. The summed E-state index contributed by atoms with van der Waals surface area (Å²) in [5.41, 5.74) is 2.41. The van der Waals surface area contributed by atoms with Crippen molar-refractivity contribution in [1.29, 1.82) is 0 Å². The molecule has 1 atom stereocenters. The fraction of sp³-hybridized carbons (Fsp3) is 0.150. The third-order valence-corrected chi connectivity index (χ3v) is 4.71. The van der Waals surface area contributed by atoms with Gasteiger partial charge in [0.2, 0.25) is 11.2 Å². The minimum Gasteiger partial charge on any atom is -0.497 e. The lowest BCUT2D eigenvalue weighted by atomic mass is 9.96. The van der Waals surface area contributed by atoms with Crippen LogP contribution >= 0.6 is 11.6 Å². The van der Waals surface area contributed by atoms with Crippen LogP contribution in [-0.2, 0) is 0 Å². The molecule has 0 saturated heterocycles. The molecule has 0 radical (unpaired) electrons. The van der Waals surface area contributed by atoms with Gasteiger partial charge in [-0.05, 0) is 42.8 Å². The Hall–Kier alpha value is -2.90. The van der Waals surface area contributed by atoms with Crippen LogP contribution in [0.3, 0.4) is 0 Å². The Morgan fingerprint density at radius 1 is 1.28 bits per heavy atom. The first-order valence-electron chi connectivity index (χ1n) is 7.61. The lowest BCUT2D eigenvalue weighted by Crippen LogP contribution is -2.19. The Morgan fingerprint density at radius 3 is 2.80 bits per heavy atom. The van der Waals surface area contributed by atoms with E-state index in [2.05, 4.69) is 5.92 Å². The van der Waals surface area contributed by atoms with Crippen molar-refractivity contribution >= 4 is 22.6 Å². The maximum Gasteiger partial charge on any atom is 0.235 e. The Balaban J connectivity index is 2.10. The Kier molecular flexibility index (Phi) is 3.48. The lowest BCUT2D eigenvalue weighted by molar-refractivity contribution is 0.251. The van der Waals surface area contributed by atoms with Gasteiger partial charge >= 0.3 is 0 Å². The van der Waals surface area contributed by atoms with Crippen LogP contribution in [0.5, 0.6) is 11.5 Å². The molecule has 1 unspecified atom stereocenters. The van der Waals surface area contributed by atoms with Gasteiger partial charge in [0, 0.05) is 16.1 Å². The van der Waals surface area contributed by atoms with Gasteiger partial charge in [-0.3, -0.25) is 4.79 Å². The van der Waals surface area contributed by atoms with Gasteiger partial charge < -0.3 is 13.9 Å². The van der Waals surface area contributed by atoms with Crippen molar-refractivity contribution in [2.45, 2.75) is 13.0 Å². The molecule has 2 aromatic carbocycles. The first-order chi connectivity index (χ1) is 12.0. The zero-order valence-corrected chi connectivity index (χ0v) is 14.3.